The lowest BCUT2D eigenvalue weighted by molar-refractivity contribution is 0.000769. The maximum absolute atomic E-state index is 6.57. The summed E-state index contributed by atoms with van der Waals surface area (Å²) in [5.74, 6) is 0. The lowest BCUT2D eigenvalue weighted by Gasteiger charge is -2.49. The highest BCUT2D eigenvalue weighted by Crippen LogP contribution is 2.29. The van der Waals surface area contributed by atoms with Crippen molar-refractivity contribution in [3.05, 3.63) is 16.4 Å². The fraction of sp³-hybridized carbons (Fsp3) is 0.769. The number of methoxy groups -OCH3 is 1. The van der Waals surface area contributed by atoms with Crippen LogP contribution >= 0.6 is 15.9 Å². The van der Waals surface area contributed by atoms with E-state index in [-0.39, 0.29) is 6.04 Å². The number of hydrogen-bond donors (Lipinski definition) is 1. The number of ether oxygens (including phenoxy) is 1. The molecular weight excluding hydrogens is 322 g/mol. The zero-order chi connectivity index (χ0) is 14.1. The van der Waals surface area contributed by atoms with Crippen LogP contribution in [0.1, 0.15) is 11.7 Å². The lowest BCUT2D eigenvalue weighted by atomic mass is 9.98. The second kappa shape index (κ2) is 6.11. The second-order valence-electron chi connectivity index (χ2n) is 5.52. The number of aromatic nitrogens is 2. The van der Waals surface area contributed by atoms with Crippen LogP contribution in [-0.2, 0) is 11.3 Å². The van der Waals surface area contributed by atoms with Gasteiger partial charge in [-0.3, -0.25) is 14.5 Å². The molecule has 3 fully saturated rings. The largest absolute Gasteiger partial charge is 0.383 e. The summed E-state index contributed by atoms with van der Waals surface area (Å²) in [7, 11) is 1.71. The number of halogens is 1. The van der Waals surface area contributed by atoms with Crippen LogP contribution in [0.25, 0.3) is 0 Å². The molecule has 3 saturated heterocycles. The van der Waals surface area contributed by atoms with Crippen LogP contribution in [0.4, 0.5) is 0 Å². The predicted octanol–water partition coefficient (Wildman–Crippen LogP) is 0.292. The van der Waals surface area contributed by atoms with Gasteiger partial charge in [-0.15, -0.1) is 0 Å². The topological polar surface area (TPSA) is 59.6 Å². The molecule has 0 radical (unpaired) electrons. The van der Waals surface area contributed by atoms with Crippen molar-refractivity contribution in [1.82, 2.24) is 19.6 Å². The van der Waals surface area contributed by atoms with E-state index in [1.165, 1.54) is 13.1 Å². The Labute approximate surface area is 128 Å². The average Bonchev–Trinajstić information content (AvgIpc) is 2.86. The maximum atomic E-state index is 6.57. The van der Waals surface area contributed by atoms with Crippen molar-refractivity contribution >= 4 is 15.9 Å². The predicted molar refractivity (Wildman–Crippen MR) is 80.5 cm³/mol. The van der Waals surface area contributed by atoms with E-state index in [1.807, 2.05) is 10.9 Å². The van der Waals surface area contributed by atoms with E-state index >= 15 is 0 Å². The average molecular weight is 344 g/mol. The summed E-state index contributed by atoms with van der Waals surface area (Å²) in [6.45, 7) is 7.05. The number of nitrogens with zero attached hydrogens (tertiary/aromatic N) is 4. The standard InChI is InChI=1S/C13H22BrN5O/c1-20-7-6-19-13(10(14)8-16-19)12(15)11-9-17-2-4-18(11)5-3-17/h8,11-12H,2-7,9,15H2,1H3. The van der Waals surface area contributed by atoms with Crippen LogP contribution in [0.15, 0.2) is 10.7 Å². The van der Waals surface area contributed by atoms with E-state index in [0.29, 0.717) is 12.6 Å². The highest BCUT2D eigenvalue weighted by molar-refractivity contribution is 9.10. The summed E-state index contributed by atoms with van der Waals surface area (Å²) in [5.41, 5.74) is 7.66. The van der Waals surface area contributed by atoms with Crippen LogP contribution in [0.2, 0.25) is 0 Å². The second-order valence-corrected chi connectivity index (χ2v) is 6.38. The van der Waals surface area contributed by atoms with Crippen molar-refractivity contribution in [3.63, 3.8) is 0 Å². The Morgan fingerprint density at radius 1 is 1.45 bits per heavy atom. The molecule has 112 valence electrons. The normalized spacial score (nSPS) is 30.6. The monoisotopic (exact) mass is 343 g/mol. The van der Waals surface area contributed by atoms with Gasteiger partial charge in [0.2, 0.25) is 0 Å². The zero-order valence-electron chi connectivity index (χ0n) is 11.8. The fourth-order valence-corrected chi connectivity index (χ4v) is 3.80. The minimum atomic E-state index is -0.0215. The number of piperazine rings is 3. The molecule has 4 rings (SSSR count). The number of nitrogens with two attached hydrogens (primary N) is 1. The molecule has 6 nitrogen and oxygen atoms in total. The molecule has 7 heteroatoms. The van der Waals surface area contributed by atoms with Crippen molar-refractivity contribution in [2.45, 2.75) is 18.6 Å². The first-order valence-corrected chi connectivity index (χ1v) is 7.92. The van der Waals surface area contributed by atoms with E-state index in [0.717, 1.165) is 36.3 Å². The Kier molecular flexibility index (Phi) is 4.42. The molecule has 0 amide bonds. The number of hydrogen-bond acceptors (Lipinski definition) is 5. The Balaban J connectivity index is 1.79. The summed E-state index contributed by atoms with van der Waals surface area (Å²) in [4.78, 5) is 5.03. The molecule has 0 aromatic carbocycles. The van der Waals surface area contributed by atoms with Crippen molar-refractivity contribution in [2.24, 2.45) is 5.73 Å². The van der Waals surface area contributed by atoms with E-state index in [2.05, 4.69) is 30.8 Å². The molecule has 20 heavy (non-hydrogen) atoms. The molecule has 4 heterocycles. The van der Waals surface area contributed by atoms with E-state index in [4.69, 9.17) is 10.5 Å². The van der Waals surface area contributed by atoms with E-state index in [9.17, 15) is 0 Å². The van der Waals surface area contributed by atoms with Crippen LogP contribution < -0.4 is 5.73 Å². The highest BCUT2D eigenvalue weighted by atomic mass is 79.9. The molecule has 3 aliphatic heterocycles. The summed E-state index contributed by atoms with van der Waals surface area (Å²) in [6, 6.07) is 0.360. The van der Waals surface area contributed by atoms with Crippen molar-refractivity contribution in [2.75, 3.05) is 46.4 Å². The Morgan fingerprint density at radius 2 is 2.20 bits per heavy atom. The van der Waals surface area contributed by atoms with Gasteiger partial charge in [0.1, 0.15) is 0 Å². The molecule has 1 aromatic heterocycles. The first-order chi connectivity index (χ1) is 9.70. The molecule has 2 atom stereocenters. The third kappa shape index (κ3) is 2.65. The van der Waals surface area contributed by atoms with E-state index in [1.54, 1.807) is 7.11 Å². The lowest BCUT2D eigenvalue weighted by Crippen LogP contribution is -2.63. The van der Waals surface area contributed by atoms with Crippen LogP contribution in [0.3, 0.4) is 0 Å². The summed E-state index contributed by atoms with van der Waals surface area (Å²) in [5, 5.41) is 4.41. The van der Waals surface area contributed by atoms with Gasteiger partial charge in [0.15, 0.2) is 0 Å². The zero-order valence-corrected chi connectivity index (χ0v) is 13.4. The number of rotatable bonds is 5. The van der Waals surface area contributed by atoms with Gasteiger partial charge < -0.3 is 10.5 Å². The van der Waals surface area contributed by atoms with Crippen molar-refractivity contribution in [1.29, 1.82) is 0 Å². The smallest absolute Gasteiger partial charge is 0.0711 e. The minimum Gasteiger partial charge on any atom is -0.383 e. The third-order valence-electron chi connectivity index (χ3n) is 4.39. The molecule has 0 saturated carbocycles. The van der Waals surface area contributed by atoms with Gasteiger partial charge in [-0.1, -0.05) is 0 Å². The van der Waals surface area contributed by atoms with Crippen LogP contribution in [-0.4, -0.2) is 72.1 Å². The summed E-state index contributed by atoms with van der Waals surface area (Å²) >= 11 is 3.59. The molecule has 2 bridgehead atoms. The van der Waals surface area contributed by atoms with Crippen LogP contribution in [0, 0.1) is 0 Å². The molecular formula is C13H22BrN5O. The van der Waals surface area contributed by atoms with Crippen molar-refractivity contribution in [3.8, 4) is 0 Å². The quantitative estimate of drug-likeness (QED) is 0.832. The molecule has 0 spiro atoms. The molecule has 2 N–H and O–H groups in total. The van der Waals surface area contributed by atoms with Gasteiger partial charge in [-0.25, -0.2) is 0 Å². The molecule has 2 unspecified atom stereocenters. The highest BCUT2D eigenvalue weighted by Gasteiger charge is 2.37. The maximum Gasteiger partial charge on any atom is 0.0711 e. The first kappa shape index (κ1) is 14.5. The first-order valence-electron chi connectivity index (χ1n) is 7.13. The third-order valence-corrected chi connectivity index (χ3v) is 5.00. The Bertz CT molecular complexity index is 458. The van der Waals surface area contributed by atoms with Gasteiger partial charge >= 0.3 is 0 Å². The van der Waals surface area contributed by atoms with Crippen LogP contribution in [0.5, 0.6) is 0 Å². The minimum absolute atomic E-state index is 0.0215. The molecule has 3 aliphatic rings. The van der Waals surface area contributed by atoms with Gasteiger partial charge in [0.05, 0.1) is 35.6 Å². The Morgan fingerprint density at radius 3 is 2.80 bits per heavy atom. The van der Waals surface area contributed by atoms with Gasteiger partial charge in [0.25, 0.3) is 0 Å². The van der Waals surface area contributed by atoms with Crippen molar-refractivity contribution < 1.29 is 4.74 Å². The summed E-state index contributed by atoms with van der Waals surface area (Å²) < 4.78 is 8.12. The van der Waals surface area contributed by atoms with Gasteiger partial charge in [-0.2, -0.15) is 5.10 Å². The number of fused-ring (bicyclic) bond motifs is 3. The fourth-order valence-electron chi connectivity index (χ4n) is 3.24. The summed E-state index contributed by atoms with van der Waals surface area (Å²) in [6.07, 6.45) is 1.83. The molecule has 0 aliphatic carbocycles. The van der Waals surface area contributed by atoms with Gasteiger partial charge in [-0.05, 0) is 15.9 Å². The Hall–Kier alpha value is -0.470. The molecule has 1 aromatic rings. The SMILES string of the molecule is COCCn1ncc(Br)c1C(N)C1CN2CCN1CC2. The van der Waals surface area contributed by atoms with Gasteiger partial charge in [0, 0.05) is 45.9 Å². The van der Waals surface area contributed by atoms with E-state index < -0.39 is 0 Å².